The lowest BCUT2D eigenvalue weighted by molar-refractivity contribution is -0.122. The third-order valence-corrected chi connectivity index (χ3v) is 3.93. The van der Waals surface area contributed by atoms with Crippen molar-refractivity contribution in [2.75, 3.05) is 13.1 Å². The number of piperidine rings is 1. The van der Waals surface area contributed by atoms with Crippen LogP contribution in [0.25, 0.3) is 0 Å². The Balaban J connectivity index is 1.52. The van der Waals surface area contributed by atoms with E-state index in [0.29, 0.717) is 32.4 Å². The zero-order chi connectivity index (χ0) is 15.8. The van der Waals surface area contributed by atoms with Crippen molar-refractivity contribution in [3.8, 4) is 0 Å². The van der Waals surface area contributed by atoms with Crippen LogP contribution < -0.4 is 5.32 Å². The predicted molar refractivity (Wildman–Crippen MR) is 79.3 cm³/mol. The second-order valence-corrected chi connectivity index (χ2v) is 5.64. The van der Waals surface area contributed by atoms with Crippen LogP contribution in [-0.4, -0.2) is 56.5 Å². The molecule has 8 heteroatoms. The number of aromatic amines is 1. The smallest absolute Gasteiger partial charge is 0.407 e. The normalized spacial score (nSPS) is 15.7. The molecule has 0 unspecified atom stereocenters. The van der Waals surface area contributed by atoms with Crippen LogP contribution in [0.5, 0.6) is 0 Å². The van der Waals surface area contributed by atoms with E-state index in [1.807, 2.05) is 0 Å². The SMILES string of the molecule is O=C(CCCCCc1c[nH]nn1)NC1CCN(C(=O)O)CC1. The van der Waals surface area contributed by atoms with E-state index in [9.17, 15) is 9.59 Å². The van der Waals surface area contributed by atoms with Gasteiger partial charge in [0.1, 0.15) is 0 Å². The number of amides is 2. The summed E-state index contributed by atoms with van der Waals surface area (Å²) in [6.07, 6.45) is 6.55. The van der Waals surface area contributed by atoms with Gasteiger partial charge in [0.15, 0.2) is 0 Å². The highest BCUT2D eigenvalue weighted by atomic mass is 16.4. The summed E-state index contributed by atoms with van der Waals surface area (Å²) in [5, 5.41) is 22.1. The summed E-state index contributed by atoms with van der Waals surface area (Å²) in [7, 11) is 0. The van der Waals surface area contributed by atoms with Crippen LogP contribution in [0, 0.1) is 0 Å². The summed E-state index contributed by atoms with van der Waals surface area (Å²) in [4.78, 5) is 24.0. The van der Waals surface area contributed by atoms with Gasteiger partial charge in [-0.05, 0) is 32.1 Å². The molecule has 122 valence electrons. The fraction of sp³-hybridized carbons (Fsp3) is 0.714. The highest BCUT2D eigenvalue weighted by molar-refractivity contribution is 5.76. The number of aromatic nitrogens is 3. The molecule has 1 fully saturated rings. The van der Waals surface area contributed by atoms with Crippen LogP contribution in [0.2, 0.25) is 0 Å². The predicted octanol–water partition coefficient (Wildman–Crippen LogP) is 1.17. The third-order valence-electron chi connectivity index (χ3n) is 3.93. The van der Waals surface area contributed by atoms with Crippen molar-refractivity contribution >= 4 is 12.0 Å². The van der Waals surface area contributed by atoms with Crippen LogP contribution in [0.15, 0.2) is 6.20 Å². The number of carbonyl (C=O) groups excluding carboxylic acids is 1. The van der Waals surface area contributed by atoms with Crippen molar-refractivity contribution in [2.45, 2.75) is 51.0 Å². The summed E-state index contributed by atoms with van der Waals surface area (Å²) in [6.45, 7) is 0.996. The molecule has 3 N–H and O–H groups in total. The van der Waals surface area contributed by atoms with Crippen LogP contribution in [0.1, 0.15) is 44.2 Å². The van der Waals surface area contributed by atoms with Gasteiger partial charge in [-0.3, -0.25) is 9.89 Å². The quantitative estimate of drug-likeness (QED) is 0.655. The van der Waals surface area contributed by atoms with E-state index in [1.165, 1.54) is 4.90 Å². The number of nitrogens with zero attached hydrogens (tertiary/aromatic N) is 3. The van der Waals surface area contributed by atoms with E-state index >= 15 is 0 Å². The van der Waals surface area contributed by atoms with Crippen LogP contribution >= 0.6 is 0 Å². The van der Waals surface area contributed by atoms with Gasteiger partial charge < -0.3 is 15.3 Å². The van der Waals surface area contributed by atoms with Gasteiger partial charge in [0.25, 0.3) is 0 Å². The molecule has 1 aliphatic heterocycles. The van der Waals surface area contributed by atoms with E-state index in [-0.39, 0.29) is 11.9 Å². The maximum atomic E-state index is 11.9. The first kappa shape index (κ1) is 16.3. The van der Waals surface area contributed by atoms with Gasteiger partial charge in [-0.1, -0.05) is 11.6 Å². The van der Waals surface area contributed by atoms with Gasteiger partial charge in [0.2, 0.25) is 5.91 Å². The largest absolute Gasteiger partial charge is 0.465 e. The minimum Gasteiger partial charge on any atom is -0.465 e. The van der Waals surface area contributed by atoms with Gasteiger partial charge in [-0.15, -0.1) is 5.10 Å². The van der Waals surface area contributed by atoms with Crippen LogP contribution in [0.3, 0.4) is 0 Å². The Morgan fingerprint density at radius 3 is 2.73 bits per heavy atom. The van der Waals surface area contributed by atoms with Gasteiger partial charge in [-0.25, -0.2) is 4.79 Å². The number of carboxylic acid groups (broad SMARTS) is 1. The van der Waals surface area contributed by atoms with Gasteiger partial charge in [0, 0.05) is 31.7 Å². The fourth-order valence-electron chi connectivity index (χ4n) is 2.63. The molecule has 8 nitrogen and oxygen atoms in total. The highest BCUT2D eigenvalue weighted by Gasteiger charge is 2.22. The minimum absolute atomic E-state index is 0.0650. The van der Waals surface area contributed by atoms with Crippen molar-refractivity contribution in [1.29, 1.82) is 0 Å². The lowest BCUT2D eigenvalue weighted by Crippen LogP contribution is -2.46. The second-order valence-electron chi connectivity index (χ2n) is 5.64. The molecule has 0 aliphatic carbocycles. The van der Waals surface area contributed by atoms with Gasteiger partial charge >= 0.3 is 6.09 Å². The summed E-state index contributed by atoms with van der Waals surface area (Å²) in [6, 6.07) is 0.109. The first-order valence-electron chi connectivity index (χ1n) is 7.77. The van der Waals surface area contributed by atoms with Crippen molar-refractivity contribution in [3.63, 3.8) is 0 Å². The zero-order valence-corrected chi connectivity index (χ0v) is 12.6. The Bertz CT molecular complexity index is 469. The monoisotopic (exact) mass is 309 g/mol. The van der Waals surface area contributed by atoms with Crippen molar-refractivity contribution < 1.29 is 14.7 Å². The van der Waals surface area contributed by atoms with Crippen LogP contribution in [-0.2, 0) is 11.2 Å². The van der Waals surface area contributed by atoms with E-state index in [1.54, 1.807) is 6.20 Å². The minimum atomic E-state index is -0.878. The third kappa shape index (κ3) is 5.34. The topological polar surface area (TPSA) is 111 Å². The maximum absolute atomic E-state index is 11.9. The number of aryl methyl sites for hydroxylation is 1. The maximum Gasteiger partial charge on any atom is 0.407 e. The van der Waals surface area contributed by atoms with E-state index in [0.717, 1.165) is 31.4 Å². The van der Waals surface area contributed by atoms with Gasteiger partial charge in [0.05, 0.1) is 5.69 Å². The standard InChI is InChI=1S/C14H23N5O3/c20-13(5-3-1-2-4-12-10-15-18-17-12)16-11-6-8-19(9-7-11)14(21)22/h10-11H,1-9H2,(H,16,20)(H,21,22)(H,15,17,18). The molecule has 2 amide bonds. The molecular formula is C14H23N5O3. The zero-order valence-electron chi connectivity index (χ0n) is 12.6. The van der Waals surface area contributed by atoms with Crippen molar-refractivity contribution in [3.05, 3.63) is 11.9 Å². The lowest BCUT2D eigenvalue weighted by Gasteiger charge is -2.30. The number of rotatable bonds is 7. The molecule has 0 saturated carbocycles. The average Bonchev–Trinajstić information content (AvgIpc) is 3.00. The molecule has 0 atom stereocenters. The molecule has 1 aromatic heterocycles. The summed E-state index contributed by atoms with van der Waals surface area (Å²) >= 11 is 0. The first-order chi connectivity index (χ1) is 10.6. The highest BCUT2D eigenvalue weighted by Crippen LogP contribution is 2.11. The summed E-state index contributed by atoms with van der Waals surface area (Å²) in [5.41, 5.74) is 0.953. The molecule has 0 aromatic carbocycles. The van der Waals surface area contributed by atoms with Crippen LogP contribution in [0.4, 0.5) is 4.79 Å². The Hall–Kier alpha value is -2.12. The van der Waals surface area contributed by atoms with E-state index in [4.69, 9.17) is 5.11 Å². The summed E-state index contributed by atoms with van der Waals surface area (Å²) in [5.74, 6) is 0.0650. The number of hydrogen-bond acceptors (Lipinski definition) is 4. The Morgan fingerprint density at radius 2 is 2.09 bits per heavy atom. The van der Waals surface area contributed by atoms with Gasteiger partial charge in [-0.2, -0.15) is 0 Å². The molecule has 1 saturated heterocycles. The molecule has 0 bridgehead atoms. The number of likely N-dealkylation sites (tertiary alicyclic amines) is 1. The first-order valence-corrected chi connectivity index (χ1v) is 7.77. The Kier molecular flexibility index (Phi) is 6.17. The Morgan fingerprint density at radius 1 is 1.32 bits per heavy atom. The molecular weight excluding hydrogens is 286 g/mol. The lowest BCUT2D eigenvalue weighted by atomic mass is 10.0. The van der Waals surface area contributed by atoms with E-state index < -0.39 is 6.09 Å². The van der Waals surface area contributed by atoms with E-state index in [2.05, 4.69) is 20.7 Å². The second kappa shape index (κ2) is 8.35. The Labute approximate surface area is 129 Å². The number of nitrogens with one attached hydrogen (secondary N) is 2. The number of carbonyl (C=O) groups is 2. The molecule has 22 heavy (non-hydrogen) atoms. The summed E-state index contributed by atoms with van der Waals surface area (Å²) < 4.78 is 0. The molecule has 0 spiro atoms. The van der Waals surface area contributed by atoms with Crippen molar-refractivity contribution in [2.24, 2.45) is 0 Å². The molecule has 0 radical (unpaired) electrons. The molecule has 1 aromatic rings. The number of hydrogen-bond donors (Lipinski definition) is 3. The molecule has 2 heterocycles. The average molecular weight is 309 g/mol. The number of H-pyrrole nitrogens is 1. The fourth-order valence-corrected chi connectivity index (χ4v) is 2.63. The number of unbranched alkanes of at least 4 members (excludes halogenated alkanes) is 2. The molecule has 1 aliphatic rings. The molecule has 2 rings (SSSR count). The van der Waals surface area contributed by atoms with Crippen molar-refractivity contribution in [1.82, 2.24) is 25.6 Å².